The van der Waals surface area contributed by atoms with Crippen LogP contribution in [0.5, 0.6) is 0 Å². The minimum Gasteiger partial charge on any atom is -0.501 e. The molecule has 0 aromatic heterocycles. The van der Waals surface area contributed by atoms with Crippen molar-refractivity contribution >= 4 is 5.78 Å². The second kappa shape index (κ2) is 9.35. The van der Waals surface area contributed by atoms with Crippen LogP contribution in [-0.4, -0.2) is 12.9 Å². The highest BCUT2D eigenvalue weighted by molar-refractivity contribution is 5.95. The quantitative estimate of drug-likeness (QED) is 0.545. The van der Waals surface area contributed by atoms with Crippen molar-refractivity contribution in [1.82, 2.24) is 0 Å². The SMILES string of the molecule is C=C(OC)C(C)C.CCC(=O)c1ccc(C(C)C)cc1. The zero-order valence-electron chi connectivity index (χ0n) is 13.7. The molecule has 1 aromatic rings. The first-order valence-corrected chi connectivity index (χ1v) is 7.19. The topological polar surface area (TPSA) is 26.3 Å². The van der Waals surface area contributed by atoms with Crippen molar-refractivity contribution in [3.8, 4) is 0 Å². The molecule has 0 spiro atoms. The van der Waals surface area contributed by atoms with E-state index in [1.54, 1.807) is 7.11 Å². The Balaban J connectivity index is 0.000000441. The van der Waals surface area contributed by atoms with Gasteiger partial charge in [-0.15, -0.1) is 0 Å². The number of carbonyl (C=O) groups excluding carboxylic acids is 1. The average molecular weight is 276 g/mol. The molecule has 0 saturated heterocycles. The summed E-state index contributed by atoms with van der Waals surface area (Å²) in [5.74, 6) is 2.05. The highest BCUT2D eigenvalue weighted by Crippen LogP contribution is 2.15. The van der Waals surface area contributed by atoms with Gasteiger partial charge in [-0.2, -0.15) is 0 Å². The maximum atomic E-state index is 11.3. The average Bonchev–Trinajstić information content (AvgIpc) is 2.46. The van der Waals surface area contributed by atoms with Crippen LogP contribution in [0.1, 0.15) is 62.9 Å². The molecule has 0 bridgehead atoms. The molecule has 0 fully saturated rings. The molecule has 0 saturated carbocycles. The summed E-state index contributed by atoms with van der Waals surface area (Å²) in [6.45, 7) is 13.9. The van der Waals surface area contributed by atoms with Crippen LogP contribution >= 0.6 is 0 Å². The predicted molar refractivity (Wildman–Crippen MR) is 86.1 cm³/mol. The van der Waals surface area contributed by atoms with Crippen LogP contribution in [0.25, 0.3) is 0 Å². The molecule has 0 amide bonds. The first kappa shape index (κ1) is 18.4. The minimum absolute atomic E-state index is 0.218. The van der Waals surface area contributed by atoms with Crippen LogP contribution < -0.4 is 0 Å². The molecule has 2 nitrogen and oxygen atoms in total. The van der Waals surface area contributed by atoms with Crippen LogP contribution in [0.2, 0.25) is 0 Å². The number of methoxy groups -OCH3 is 1. The van der Waals surface area contributed by atoms with Gasteiger partial charge in [0.2, 0.25) is 0 Å². The zero-order valence-corrected chi connectivity index (χ0v) is 13.7. The van der Waals surface area contributed by atoms with Crippen molar-refractivity contribution < 1.29 is 9.53 Å². The van der Waals surface area contributed by atoms with Gasteiger partial charge in [-0.1, -0.05) is 65.5 Å². The number of carbonyl (C=O) groups is 1. The Hall–Kier alpha value is -1.57. The Morgan fingerprint density at radius 2 is 1.65 bits per heavy atom. The van der Waals surface area contributed by atoms with Gasteiger partial charge in [-0.25, -0.2) is 0 Å². The highest BCUT2D eigenvalue weighted by Gasteiger charge is 2.03. The molecule has 0 heterocycles. The van der Waals surface area contributed by atoms with Gasteiger partial charge in [0.05, 0.1) is 12.9 Å². The largest absolute Gasteiger partial charge is 0.501 e. The maximum Gasteiger partial charge on any atom is 0.162 e. The van der Waals surface area contributed by atoms with E-state index >= 15 is 0 Å². The number of ether oxygens (including phenoxy) is 1. The van der Waals surface area contributed by atoms with Crippen molar-refractivity contribution in [2.45, 2.75) is 47.0 Å². The molecule has 0 aliphatic heterocycles. The van der Waals surface area contributed by atoms with Crippen molar-refractivity contribution in [2.24, 2.45) is 5.92 Å². The Kier molecular flexibility index (Phi) is 8.62. The summed E-state index contributed by atoms with van der Waals surface area (Å²) in [5.41, 5.74) is 2.11. The molecule has 20 heavy (non-hydrogen) atoms. The molecule has 0 aliphatic carbocycles. The van der Waals surface area contributed by atoms with Gasteiger partial charge in [0.25, 0.3) is 0 Å². The number of allylic oxidation sites excluding steroid dienone is 1. The van der Waals surface area contributed by atoms with E-state index in [1.165, 1.54) is 5.56 Å². The molecular weight excluding hydrogens is 248 g/mol. The van der Waals surface area contributed by atoms with Crippen molar-refractivity contribution in [1.29, 1.82) is 0 Å². The molecule has 0 atom stereocenters. The van der Waals surface area contributed by atoms with Crippen LogP contribution in [0.4, 0.5) is 0 Å². The minimum atomic E-state index is 0.218. The lowest BCUT2D eigenvalue weighted by molar-refractivity contribution is 0.0988. The van der Waals surface area contributed by atoms with Gasteiger partial charge in [0.1, 0.15) is 0 Å². The Morgan fingerprint density at radius 1 is 1.15 bits per heavy atom. The summed E-state index contributed by atoms with van der Waals surface area (Å²) in [7, 11) is 1.64. The van der Waals surface area contributed by atoms with E-state index in [-0.39, 0.29) is 5.78 Å². The van der Waals surface area contributed by atoms with Crippen molar-refractivity contribution in [3.63, 3.8) is 0 Å². The second-order valence-corrected chi connectivity index (χ2v) is 5.38. The van der Waals surface area contributed by atoms with Crippen LogP contribution in [0.15, 0.2) is 36.6 Å². The standard InChI is InChI=1S/C12H16O.C6H12O/c1-4-12(13)11-7-5-10(6-8-11)9(2)3;1-5(2)6(3)7-4/h5-9H,4H2,1-3H3;5H,3H2,1-2,4H3. The Labute approximate surface area is 123 Å². The third-order valence-corrected chi connectivity index (χ3v) is 3.13. The van der Waals surface area contributed by atoms with Gasteiger partial charge >= 0.3 is 0 Å². The fourth-order valence-electron chi connectivity index (χ4n) is 1.49. The molecule has 112 valence electrons. The van der Waals surface area contributed by atoms with E-state index in [9.17, 15) is 4.79 Å². The zero-order chi connectivity index (χ0) is 15.7. The number of rotatable bonds is 5. The molecule has 1 rings (SSSR count). The summed E-state index contributed by atoms with van der Waals surface area (Å²) < 4.78 is 4.82. The van der Waals surface area contributed by atoms with E-state index in [2.05, 4.69) is 20.4 Å². The lowest BCUT2D eigenvalue weighted by Crippen LogP contribution is -1.96. The summed E-state index contributed by atoms with van der Waals surface area (Å²) in [4.78, 5) is 11.3. The van der Waals surface area contributed by atoms with Crippen LogP contribution in [-0.2, 0) is 4.74 Å². The fourth-order valence-corrected chi connectivity index (χ4v) is 1.49. The summed E-state index contributed by atoms with van der Waals surface area (Å²) in [5, 5.41) is 0. The van der Waals surface area contributed by atoms with Crippen molar-refractivity contribution in [2.75, 3.05) is 7.11 Å². The smallest absolute Gasteiger partial charge is 0.162 e. The van der Waals surface area contributed by atoms with E-state index < -0.39 is 0 Å². The number of hydrogen-bond acceptors (Lipinski definition) is 2. The summed E-state index contributed by atoms with van der Waals surface area (Å²) in [6, 6.07) is 7.91. The molecule has 0 radical (unpaired) electrons. The third-order valence-electron chi connectivity index (χ3n) is 3.13. The lowest BCUT2D eigenvalue weighted by atomic mass is 10.00. The van der Waals surface area contributed by atoms with E-state index in [0.29, 0.717) is 18.3 Å². The molecule has 1 aromatic carbocycles. The number of Topliss-reactive ketones (excluding diaryl/α,β-unsaturated/α-hetero) is 1. The van der Waals surface area contributed by atoms with Gasteiger partial charge in [0, 0.05) is 17.9 Å². The van der Waals surface area contributed by atoms with Gasteiger partial charge in [0.15, 0.2) is 5.78 Å². The molecule has 0 unspecified atom stereocenters. The number of hydrogen-bond donors (Lipinski definition) is 0. The molecule has 0 aliphatic rings. The number of benzene rings is 1. The molecule has 2 heteroatoms. The monoisotopic (exact) mass is 276 g/mol. The van der Waals surface area contributed by atoms with E-state index in [1.807, 2.05) is 45.0 Å². The first-order chi connectivity index (χ1) is 9.33. The van der Waals surface area contributed by atoms with Crippen molar-refractivity contribution in [3.05, 3.63) is 47.7 Å². The van der Waals surface area contributed by atoms with Gasteiger partial charge in [-0.05, 0) is 11.5 Å². The lowest BCUT2D eigenvalue weighted by Gasteiger charge is -2.05. The fraction of sp³-hybridized carbons (Fsp3) is 0.500. The normalized spacial score (nSPS) is 10.0. The highest BCUT2D eigenvalue weighted by atomic mass is 16.5. The maximum absolute atomic E-state index is 11.3. The van der Waals surface area contributed by atoms with E-state index in [0.717, 1.165) is 11.3 Å². The van der Waals surface area contributed by atoms with Gasteiger partial charge in [-0.3, -0.25) is 4.79 Å². The summed E-state index contributed by atoms with van der Waals surface area (Å²) >= 11 is 0. The Morgan fingerprint density at radius 3 is 1.90 bits per heavy atom. The third kappa shape index (κ3) is 6.55. The van der Waals surface area contributed by atoms with E-state index in [4.69, 9.17) is 4.74 Å². The predicted octanol–water partition coefficient (Wildman–Crippen LogP) is 5.21. The first-order valence-electron chi connectivity index (χ1n) is 7.19. The second-order valence-electron chi connectivity index (χ2n) is 5.38. The van der Waals surface area contributed by atoms with Gasteiger partial charge < -0.3 is 4.74 Å². The summed E-state index contributed by atoms with van der Waals surface area (Å²) in [6.07, 6.45) is 0.584. The molecular formula is C18H28O2. The van der Waals surface area contributed by atoms with Crippen LogP contribution in [0, 0.1) is 5.92 Å². The Bertz CT molecular complexity index is 414. The number of ketones is 1. The van der Waals surface area contributed by atoms with Crippen LogP contribution in [0.3, 0.4) is 0 Å². The molecule has 0 N–H and O–H groups in total.